The van der Waals surface area contributed by atoms with E-state index in [1.54, 1.807) is 11.3 Å². The molecule has 3 rings (SSSR count). The van der Waals surface area contributed by atoms with Gasteiger partial charge in [-0.05, 0) is 37.8 Å². The Kier molecular flexibility index (Phi) is 3.51. The molecule has 2 heterocycles. The number of rotatable bonds is 2. The van der Waals surface area contributed by atoms with Crippen LogP contribution in [0.5, 0.6) is 0 Å². The second kappa shape index (κ2) is 5.29. The van der Waals surface area contributed by atoms with Crippen molar-refractivity contribution in [3.63, 3.8) is 0 Å². The Labute approximate surface area is 116 Å². The van der Waals surface area contributed by atoms with Gasteiger partial charge in [-0.15, -0.1) is 0 Å². The first kappa shape index (κ1) is 12.6. The van der Waals surface area contributed by atoms with Crippen molar-refractivity contribution in [1.29, 1.82) is 0 Å². The molecule has 2 aromatic rings. The molecule has 0 N–H and O–H groups in total. The maximum atomic E-state index is 12.1. The van der Waals surface area contributed by atoms with Gasteiger partial charge in [0.2, 0.25) is 0 Å². The molecule has 1 atom stereocenters. The van der Waals surface area contributed by atoms with Crippen LogP contribution in [0.1, 0.15) is 32.6 Å². The zero-order chi connectivity index (χ0) is 13.2. The van der Waals surface area contributed by atoms with Gasteiger partial charge in [-0.25, -0.2) is 0 Å². The maximum Gasteiger partial charge on any atom is 0.281 e. The predicted molar refractivity (Wildman–Crippen MR) is 81.2 cm³/mol. The van der Waals surface area contributed by atoms with E-state index in [1.807, 2.05) is 24.3 Å². The van der Waals surface area contributed by atoms with Crippen molar-refractivity contribution in [2.24, 2.45) is 0 Å². The summed E-state index contributed by atoms with van der Waals surface area (Å²) in [6, 6.07) is 8.29. The molecule has 1 aromatic heterocycles. The zero-order valence-electron chi connectivity index (χ0n) is 11.1. The number of anilines is 1. The minimum atomic E-state index is -0.0928. The van der Waals surface area contributed by atoms with Crippen LogP contribution in [0.2, 0.25) is 0 Å². The van der Waals surface area contributed by atoms with E-state index >= 15 is 0 Å². The fourth-order valence-electron chi connectivity index (χ4n) is 2.80. The fraction of sp³-hybridized carbons (Fsp3) is 0.467. The minimum Gasteiger partial charge on any atom is -0.345 e. The Morgan fingerprint density at radius 2 is 2.21 bits per heavy atom. The molecule has 100 valence electrons. The molecule has 19 heavy (non-hydrogen) atoms. The van der Waals surface area contributed by atoms with Gasteiger partial charge in [0.1, 0.15) is 0 Å². The van der Waals surface area contributed by atoms with Crippen molar-refractivity contribution < 1.29 is 0 Å². The number of nitrogens with zero attached hydrogens (tertiary/aromatic N) is 2. The van der Waals surface area contributed by atoms with Crippen LogP contribution in [0.4, 0.5) is 5.13 Å². The first-order valence-corrected chi connectivity index (χ1v) is 7.78. The lowest BCUT2D eigenvalue weighted by atomic mass is 10.0. The van der Waals surface area contributed by atoms with Crippen LogP contribution < -0.4 is 10.5 Å². The van der Waals surface area contributed by atoms with Crippen molar-refractivity contribution in [3.8, 4) is 0 Å². The van der Waals surface area contributed by atoms with E-state index in [9.17, 15) is 4.79 Å². The number of hydrogen-bond acceptors (Lipinski definition) is 4. The minimum absolute atomic E-state index is 0.0928. The molecule has 0 saturated carbocycles. The Bertz CT molecular complexity index is 637. The summed E-state index contributed by atoms with van der Waals surface area (Å²) in [6.07, 6.45) is 4.82. The predicted octanol–water partition coefficient (Wildman–Crippen LogP) is 3.43. The SMILES string of the molecule is CCC1CCCCN1c1nc(=O)c2ccccc2s1. The summed E-state index contributed by atoms with van der Waals surface area (Å²) in [5.74, 6) is 0. The molecule has 1 aliphatic rings. The van der Waals surface area contributed by atoms with Crippen LogP contribution in [-0.4, -0.2) is 17.6 Å². The van der Waals surface area contributed by atoms with Crippen LogP contribution in [0, 0.1) is 0 Å². The van der Waals surface area contributed by atoms with Crippen molar-refractivity contribution in [2.45, 2.75) is 38.6 Å². The molecule has 1 fully saturated rings. The van der Waals surface area contributed by atoms with E-state index < -0.39 is 0 Å². The molecule has 3 nitrogen and oxygen atoms in total. The molecule has 1 aromatic carbocycles. The number of benzene rings is 1. The third-order valence-corrected chi connectivity index (χ3v) is 4.94. The summed E-state index contributed by atoms with van der Waals surface area (Å²) in [6.45, 7) is 3.24. The van der Waals surface area contributed by atoms with E-state index in [4.69, 9.17) is 0 Å². The lowest BCUT2D eigenvalue weighted by Gasteiger charge is -2.35. The van der Waals surface area contributed by atoms with Crippen LogP contribution in [0.15, 0.2) is 29.1 Å². The highest BCUT2D eigenvalue weighted by atomic mass is 32.1. The Hall–Kier alpha value is -1.42. The van der Waals surface area contributed by atoms with Crippen LogP contribution in [0.3, 0.4) is 0 Å². The lowest BCUT2D eigenvalue weighted by Crippen LogP contribution is -2.39. The largest absolute Gasteiger partial charge is 0.345 e. The van der Waals surface area contributed by atoms with E-state index in [-0.39, 0.29) is 5.56 Å². The molecule has 0 aliphatic carbocycles. The summed E-state index contributed by atoms with van der Waals surface area (Å²) in [5, 5.41) is 1.64. The zero-order valence-corrected chi connectivity index (χ0v) is 11.9. The van der Waals surface area contributed by atoms with Crippen LogP contribution >= 0.6 is 11.3 Å². The Morgan fingerprint density at radius 3 is 3.05 bits per heavy atom. The van der Waals surface area contributed by atoms with E-state index in [0.717, 1.165) is 28.2 Å². The summed E-state index contributed by atoms with van der Waals surface area (Å²) >= 11 is 1.64. The monoisotopic (exact) mass is 274 g/mol. The van der Waals surface area contributed by atoms with Crippen molar-refractivity contribution in [2.75, 3.05) is 11.4 Å². The third kappa shape index (κ3) is 2.37. The number of fused-ring (bicyclic) bond motifs is 1. The Balaban J connectivity index is 2.07. The van der Waals surface area contributed by atoms with Gasteiger partial charge in [0.05, 0.1) is 5.39 Å². The summed E-state index contributed by atoms with van der Waals surface area (Å²) < 4.78 is 1.04. The number of hydrogen-bond donors (Lipinski definition) is 0. The lowest BCUT2D eigenvalue weighted by molar-refractivity contribution is 0.449. The van der Waals surface area contributed by atoms with E-state index in [1.165, 1.54) is 19.3 Å². The van der Waals surface area contributed by atoms with Gasteiger partial charge in [0.25, 0.3) is 5.56 Å². The first-order chi connectivity index (χ1) is 9.29. The molecule has 0 amide bonds. The van der Waals surface area contributed by atoms with Crippen LogP contribution in [-0.2, 0) is 0 Å². The second-order valence-corrected chi connectivity index (χ2v) is 6.06. The summed E-state index contributed by atoms with van der Waals surface area (Å²) in [4.78, 5) is 18.8. The average Bonchev–Trinajstić information content (AvgIpc) is 2.47. The van der Waals surface area contributed by atoms with Crippen molar-refractivity contribution in [3.05, 3.63) is 34.6 Å². The smallest absolute Gasteiger partial charge is 0.281 e. The van der Waals surface area contributed by atoms with Gasteiger partial charge in [0.15, 0.2) is 5.13 Å². The molecule has 4 heteroatoms. The molecule has 0 spiro atoms. The average molecular weight is 274 g/mol. The standard InChI is InChI=1S/C15H18N2OS/c1-2-11-7-5-6-10-17(11)15-16-14(18)12-8-3-4-9-13(12)19-15/h3-4,8-9,11H,2,5-7,10H2,1H3. The quantitative estimate of drug-likeness (QED) is 0.841. The van der Waals surface area contributed by atoms with Gasteiger partial charge in [-0.1, -0.05) is 30.4 Å². The molecular weight excluding hydrogens is 256 g/mol. The molecule has 1 saturated heterocycles. The fourth-order valence-corrected chi connectivity index (χ4v) is 3.90. The van der Waals surface area contributed by atoms with E-state index in [2.05, 4.69) is 16.8 Å². The normalized spacial score (nSPS) is 19.8. The van der Waals surface area contributed by atoms with E-state index in [0.29, 0.717) is 6.04 Å². The molecule has 1 unspecified atom stereocenters. The van der Waals surface area contributed by atoms with Gasteiger partial charge in [-0.3, -0.25) is 4.79 Å². The number of aromatic nitrogens is 1. The molecular formula is C15H18N2OS. The van der Waals surface area contributed by atoms with Crippen molar-refractivity contribution >= 4 is 26.6 Å². The van der Waals surface area contributed by atoms with Gasteiger partial charge in [-0.2, -0.15) is 4.98 Å². The van der Waals surface area contributed by atoms with Crippen molar-refractivity contribution in [1.82, 2.24) is 4.98 Å². The first-order valence-electron chi connectivity index (χ1n) is 6.96. The third-order valence-electron chi connectivity index (χ3n) is 3.86. The van der Waals surface area contributed by atoms with Gasteiger partial charge in [0, 0.05) is 17.3 Å². The highest BCUT2D eigenvalue weighted by Gasteiger charge is 2.23. The summed E-state index contributed by atoms with van der Waals surface area (Å²) in [7, 11) is 0. The van der Waals surface area contributed by atoms with Crippen LogP contribution in [0.25, 0.3) is 10.1 Å². The van der Waals surface area contributed by atoms with Gasteiger partial charge >= 0.3 is 0 Å². The topological polar surface area (TPSA) is 33.2 Å². The second-order valence-electron chi connectivity index (χ2n) is 5.05. The number of piperidine rings is 1. The molecule has 0 bridgehead atoms. The van der Waals surface area contributed by atoms with Gasteiger partial charge < -0.3 is 4.90 Å². The summed E-state index contributed by atoms with van der Waals surface area (Å²) in [5.41, 5.74) is -0.0928. The molecule has 1 aliphatic heterocycles. The molecule has 0 radical (unpaired) electrons. The highest BCUT2D eigenvalue weighted by Crippen LogP contribution is 2.30. The maximum absolute atomic E-state index is 12.1. The Morgan fingerprint density at radius 1 is 1.37 bits per heavy atom. The highest BCUT2D eigenvalue weighted by molar-refractivity contribution is 7.21.